The zero-order chi connectivity index (χ0) is 20.3. The Labute approximate surface area is 166 Å². The van der Waals surface area contributed by atoms with E-state index in [-0.39, 0.29) is 23.5 Å². The van der Waals surface area contributed by atoms with Gasteiger partial charge >= 0.3 is 0 Å². The highest BCUT2D eigenvalue weighted by Gasteiger charge is 2.36. The lowest BCUT2D eigenvalue weighted by molar-refractivity contribution is -0.384. The van der Waals surface area contributed by atoms with Gasteiger partial charge in [0.05, 0.1) is 9.82 Å². The second kappa shape index (κ2) is 8.09. The fourth-order valence-corrected chi connectivity index (χ4v) is 4.50. The molecule has 1 heterocycles. The summed E-state index contributed by atoms with van der Waals surface area (Å²) in [5, 5.41) is 13.9. The Hall–Kier alpha value is -2.75. The maximum absolute atomic E-state index is 13.1. The van der Waals surface area contributed by atoms with Crippen molar-refractivity contribution < 1.29 is 18.1 Å². The molecule has 0 radical (unpaired) electrons. The molecular weight excluding hydrogens is 406 g/mol. The van der Waals surface area contributed by atoms with E-state index < -0.39 is 26.9 Å². The van der Waals surface area contributed by atoms with Crippen molar-refractivity contribution in [2.45, 2.75) is 17.4 Å². The minimum atomic E-state index is -4.07. The van der Waals surface area contributed by atoms with Crippen LogP contribution in [0.2, 0.25) is 5.02 Å². The third-order valence-corrected chi connectivity index (χ3v) is 6.42. The molecule has 0 spiro atoms. The molecule has 2 aromatic rings. The monoisotopic (exact) mass is 421 g/mol. The summed E-state index contributed by atoms with van der Waals surface area (Å²) >= 11 is 5.88. The van der Waals surface area contributed by atoms with E-state index in [1.807, 2.05) is 0 Å². The topological polar surface area (TPSA) is 110 Å². The predicted molar refractivity (Wildman–Crippen MR) is 103 cm³/mol. The number of nitrogens with one attached hydrogen (secondary N) is 1. The summed E-state index contributed by atoms with van der Waals surface area (Å²) in [6.07, 6.45) is 3.09. The van der Waals surface area contributed by atoms with E-state index in [4.69, 9.17) is 11.6 Å². The van der Waals surface area contributed by atoms with Crippen LogP contribution in [-0.4, -0.2) is 36.1 Å². The maximum atomic E-state index is 13.1. The molecule has 10 heteroatoms. The van der Waals surface area contributed by atoms with E-state index in [0.717, 1.165) is 22.0 Å². The first-order chi connectivity index (χ1) is 13.3. The van der Waals surface area contributed by atoms with Crippen molar-refractivity contribution in [3.8, 4) is 0 Å². The van der Waals surface area contributed by atoms with Crippen LogP contribution in [0.3, 0.4) is 0 Å². The Morgan fingerprint density at radius 3 is 2.39 bits per heavy atom. The highest BCUT2D eigenvalue weighted by Crippen LogP contribution is 2.24. The van der Waals surface area contributed by atoms with E-state index in [1.165, 1.54) is 24.4 Å². The van der Waals surface area contributed by atoms with Gasteiger partial charge in [0.25, 0.3) is 5.69 Å². The van der Waals surface area contributed by atoms with Gasteiger partial charge in [0, 0.05) is 29.9 Å². The van der Waals surface area contributed by atoms with Gasteiger partial charge in [0.1, 0.15) is 6.04 Å². The molecule has 1 amide bonds. The Kier molecular flexibility index (Phi) is 5.78. The van der Waals surface area contributed by atoms with Crippen LogP contribution in [0, 0.1) is 10.1 Å². The number of non-ortho nitro benzene ring substituents is 1. The van der Waals surface area contributed by atoms with Gasteiger partial charge < -0.3 is 5.32 Å². The van der Waals surface area contributed by atoms with Crippen molar-refractivity contribution in [2.75, 3.05) is 6.54 Å². The van der Waals surface area contributed by atoms with Gasteiger partial charge in [-0.25, -0.2) is 8.42 Å². The summed E-state index contributed by atoms with van der Waals surface area (Å²) in [7, 11) is -4.07. The number of carbonyl (C=O) groups is 1. The normalized spacial score (nSPS) is 17.8. The molecule has 1 aliphatic rings. The fourth-order valence-electron chi connectivity index (χ4n) is 2.83. The molecule has 0 aromatic heterocycles. The molecule has 0 bridgehead atoms. The lowest BCUT2D eigenvalue weighted by Crippen LogP contribution is -2.48. The molecule has 1 aliphatic heterocycles. The zero-order valence-corrected chi connectivity index (χ0v) is 16.1. The highest BCUT2D eigenvalue weighted by molar-refractivity contribution is 7.89. The van der Waals surface area contributed by atoms with E-state index in [2.05, 4.69) is 5.32 Å². The van der Waals surface area contributed by atoms with Crippen LogP contribution in [0.5, 0.6) is 0 Å². The lowest BCUT2D eigenvalue weighted by Gasteiger charge is -2.27. The number of rotatable bonds is 5. The molecule has 1 atom stereocenters. The van der Waals surface area contributed by atoms with Crippen molar-refractivity contribution in [2.24, 2.45) is 0 Å². The van der Waals surface area contributed by atoms with Crippen molar-refractivity contribution in [1.29, 1.82) is 0 Å². The van der Waals surface area contributed by atoms with Gasteiger partial charge in [-0.05, 0) is 36.2 Å². The predicted octanol–water partition coefficient (Wildman–Crippen LogP) is 2.49. The fraction of sp³-hybridized carbons (Fsp3) is 0.167. The molecule has 1 N–H and O–H groups in total. The van der Waals surface area contributed by atoms with Crippen LogP contribution in [-0.2, 0) is 21.2 Å². The molecular formula is C18H16ClN3O5S. The van der Waals surface area contributed by atoms with Crippen LogP contribution in [0.4, 0.5) is 5.69 Å². The van der Waals surface area contributed by atoms with E-state index in [9.17, 15) is 23.3 Å². The number of nitro benzene ring substituents is 1. The largest absolute Gasteiger partial charge is 0.332 e. The molecule has 0 unspecified atom stereocenters. The Morgan fingerprint density at radius 1 is 1.14 bits per heavy atom. The van der Waals surface area contributed by atoms with Crippen molar-refractivity contribution in [3.05, 3.63) is 81.5 Å². The first kappa shape index (κ1) is 20.0. The number of hydrogen-bond acceptors (Lipinski definition) is 5. The highest BCUT2D eigenvalue weighted by atomic mass is 35.5. The summed E-state index contributed by atoms with van der Waals surface area (Å²) < 4.78 is 27.4. The summed E-state index contributed by atoms with van der Waals surface area (Å²) in [6.45, 7) is -0.0175. The van der Waals surface area contributed by atoms with Crippen LogP contribution >= 0.6 is 11.6 Å². The molecule has 0 aliphatic carbocycles. The number of halogens is 1. The number of benzene rings is 2. The summed E-state index contributed by atoms with van der Waals surface area (Å²) in [5.74, 6) is -0.464. The third kappa shape index (κ3) is 4.22. The van der Waals surface area contributed by atoms with Gasteiger partial charge in [-0.3, -0.25) is 14.9 Å². The van der Waals surface area contributed by atoms with Gasteiger partial charge in [-0.15, -0.1) is 0 Å². The average Bonchev–Trinajstić information content (AvgIpc) is 2.86. The zero-order valence-electron chi connectivity index (χ0n) is 14.5. The summed E-state index contributed by atoms with van der Waals surface area (Å²) in [6, 6.07) is 10.4. The molecule has 0 saturated heterocycles. The molecule has 3 rings (SSSR count). The van der Waals surface area contributed by atoms with Gasteiger partial charge in [-0.2, -0.15) is 4.31 Å². The molecule has 2 aromatic carbocycles. The Morgan fingerprint density at radius 2 is 1.79 bits per heavy atom. The number of nitro groups is 1. The second-order valence-electron chi connectivity index (χ2n) is 6.08. The van der Waals surface area contributed by atoms with Crippen molar-refractivity contribution >= 4 is 33.2 Å². The number of amides is 1. The third-order valence-electron chi connectivity index (χ3n) is 4.28. The summed E-state index contributed by atoms with van der Waals surface area (Å²) in [5.41, 5.74) is 0.528. The number of hydrogen-bond donors (Lipinski definition) is 1. The van der Waals surface area contributed by atoms with Crippen LogP contribution in [0.15, 0.2) is 65.7 Å². The first-order valence-corrected chi connectivity index (χ1v) is 10.1. The van der Waals surface area contributed by atoms with E-state index in [1.54, 1.807) is 24.3 Å². The lowest BCUT2D eigenvalue weighted by atomic mass is 10.1. The van der Waals surface area contributed by atoms with Crippen molar-refractivity contribution in [3.63, 3.8) is 0 Å². The van der Waals surface area contributed by atoms with Gasteiger partial charge in [0.2, 0.25) is 15.9 Å². The standard InChI is InChI=1S/C18H16ClN3O5S/c19-14-4-2-13(3-5-14)12-17-18(23)20-10-1-11-21(17)28(26,27)16-8-6-15(7-9-16)22(24)25/h1-10,17H,11-12H2,(H,20,23)/t17-/m0/s1. The van der Waals surface area contributed by atoms with Gasteiger partial charge in [0.15, 0.2) is 0 Å². The molecule has 28 heavy (non-hydrogen) atoms. The minimum absolute atomic E-state index is 0.0175. The van der Waals surface area contributed by atoms with Crippen LogP contribution in [0.25, 0.3) is 0 Å². The summed E-state index contributed by atoms with van der Waals surface area (Å²) in [4.78, 5) is 22.6. The van der Waals surface area contributed by atoms with Crippen LogP contribution in [0.1, 0.15) is 5.56 Å². The van der Waals surface area contributed by atoms with E-state index in [0.29, 0.717) is 5.02 Å². The number of sulfonamides is 1. The quantitative estimate of drug-likeness (QED) is 0.589. The average molecular weight is 422 g/mol. The first-order valence-electron chi connectivity index (χ1n) is 8.25. The Balaban J connectivity index is 1.96. The van der Waals surface area contributed by atoms with Gasteiger partial charge in [-0.1, -0.05) is 29.8 Å². The molecule has 0 fully saturated rings. The number of carbonyl (C=O) groups excluding carboxylic acids is 1. The Bertz CT molecular complexity index is 1020. The smallest absolute Gasteiger partial charge is 0.269 e. The molecule has 146 valence electrons. The maximum Gasteiger partial charge on any atom is 0.269 e. The molecule has 0 saturated carbocycles. The van der Waals surface area contributed by atoms with E-state index >= 15 is 0 Å². The SMILES string of the molecule is O=C1NC=CCN(S(=O)(=O)c2ccc([N+](=O)[O-])cc2)[C@H]1Cc1ccc(Cl)cc1. The van der Waals surface area contributed by atoms with Crippen LogP contribution < -0.4 is 5.32 Å². The second-order valence-corrected chi connectivity index (χ2v) is 8.41. The molecule has 8 nitrogen and oxygen atoms in total. The number of nitrogens with zero attached hydrogens (tertiary/aromatic N) is 2. The minimum Gasteiger partial charge on any atom is -0.332 e. The van der Waals surface area contributed by atoms with Crippen molar-refractivity contribution in [1.82, 2.24) is 9.62 Å².